The van der Waals surface area contributed by atoms with E-state index in [4.69, 9.17) is 21.1 Å². The van der Waals surface area contributed by atoms with Gasteiger partial charge in [-0.05, 0) is 30.7 Å². The lowest BCUT2D eigenvalue weighted by Crippen LogP contribution is -2.21. The summed E-state index contributed by atoms with van der Waals surface area (Å²) >= 11 is 7.16. The van der Waals surface area contributed by atoms with Gasteiger partial charge in [0.2, 0.25) is 0 Å². The highest BCUT2D eigenvalue weighted by atomic mass is 35.5. The van der Waals surface area contributed by atoms with Crippen LogP contribution in [0.1, 0.15) is 15.2 Å². The zero-order chi connectivity index (χ0) is 21.1. The number of ether oxygens (including phenoxy) is 2. The van der Waals surface area contributed by atoms with Crippen LogP contribution >= 0.6 is 22.9 Å². The van der Waals surface area contributed by atoms with Crippen LogP contribution < -0.4 is 10.1 Å². The molecule has 1 N–H and O–H groups in total. The van der Waals surface area contributed by atoms with E-state index in [2.05, 4.69) is 5.32 Å². The van der Waals surface area contributed by atoms with E-state index in [0.29, 0.717) is 26.5 Å². The quantitative estimate of drug-likeness (QED) is 0.345. The van der Waals surface area contributed by atoms with E-state index in [1.807, 2.05) is 0 Å². The van der Waals surface area contributed by atoms with E-state index in [0.717, 1.165) is 16.9 Å². The lowest BCUT2D eigenvalue weighted by Gasteiger charge is -2.12. The molecule has 0 saturated carbocycles. The zero-order valence-corrected chi connectivity index (χ0v) is 16.9. The van der Waals surface area contributed by atoms with Crippen LogP contribution in [0.15, 0.2) is 36.4 Å². The number of anilines is 1. The number of nitro benzene ring substituents is 1. The van der Waals surface area contributed by atoms with Gasteiger partial charge in [-0.15, -0.1) is 11.3 Å². The van der Waals surface area contributed by atoms with Gasteiger partial charge in [-0.25, -0.2) is 4.79 Å². The molecule has 0 aliphatic carbocycles. The van der Waals surface area contributed by atoms with Crippen molar-refractivity contribution in [2.75, 3.05) is 19.0 Å². The van der Waals surface area contributed by atoms with Crippen LogP contribution in [0.5, 0.6) is 5.75 Å². The standard InChI is InChI=1S/C19H15ClN2O6S/c1-10-5-14(15(27-2)8-13(10)20)21-18(23)9-28-19(24)17-7-11-6-12(22(25)26)3-4-16(11)29-17/h3-8H,9H2,1-2H3,(H,21,23). The first kappa shape index (κ1) is 20.6. The Labute approximate surface area is 174 Å². The smallest absolute Gasteiger partial charge is 0.348 e. The molecule has 1 aromatic heterocycles. The Kier molecular flexibility index (Phi) is 6.00. The molecule has 0 atom stereocenters. The van der Waals surface area contributed by atoms with Crippen molar-refractivity contribution in [3.05, 3.63) is 62.0 Å². The summed E-state index contributed by atoms with van der Waals surface area (Å²) in [7, 11) is 1.45. The fourth-order valence-electron chi connectivity index (χ4n) is 2.56. The van der Waals surface area contributed by atoms with Crippen molar-refractivity contribution < 1.29 is 24.0 Å². The number of nitrogens with one attached hydrogen (secondary N) is 1. The SMILES string of the molecule is COc1cc(Cl)c(C)cc1NC(=O)COC(=O)c1cc2cc([N+](=O)[O-])ccc2s1. The van der Waals surface area contributed by atoms with Gasteiger partial charge < -0.3 is 14.8 Å². The molecule has 0 aliphatic rings. The van der Waals surface area contributed by atoms with E-state index >= 15 is 0 Å². The number of halogens is 1. The van der Waals surface area contributed by atoms with Crippen molar-refractivity contribution in [1.82, 2.24) is 0 Å². The van der Waals surface area contributed by atoms with Gasteiger partial charge in [-0.2, -0.15) is 0 Å². The number of benzene rings is 2. The Bertz CT molecular complexity index is 1130. The minimum Gasteiger partial charge on any atom is -0.495 e. The lowest BCUT2D eigenvalue weighted by atomic mass is 10.2. The van der Waals surface area contributed by atoms with Crippen molar-refractivity contribution in [2.45, 2.75) is 6.92 Å². The van der Waals surface area contributed by atoms with Crippen LogP contribution in [-0.4, -0.2) is 30.5 Å². The average Bonchev–Trinajstić information content (AvgIpc) is 3.12. The third-order valence-electron chi connectivity index (χ3n) is 4.00. The molecule has 29 heavy (non-hydrogen) atoms. The van der Waals surface area contributed by atoms with Crippen molar-refractivity contribution in [3.63, 3.8) is 0 Å². The largest absolute Gasteiger partial charge is 0.495 e. The molecule has 2 aromatic carbocycles. The first-order valence-electron chi connectivity index (χ1n) is 8.27. The Balaban J connectivity index is 1.66. The Hall–Kier alpha value is -3.17. The summed E-state index contributed by atoms with van der Waals surface area (Å²) in [5.41, 5.74) is 1.09. The normalized spacial score (nSPS) is 10.6. The highest BCUT2D eigenvalue weighted by molar-refractivity contribution is 7.20. The number of rotatable bonds is 6. The van der Waals surface area contributed by atoms with Crippen molar-refractivity contribution >= 4 is 56.3 Å². The van der Waals surface area contributed by atoms with E-state index in [1.165, 1.54) is 25.3 Å². The molecule has 1 amide bonds. The summed E-state index contributed by atoms with van der Waals surface area (Å²) in [5, 5.41) is 14.5. The fraction of sp³-hybridized carbons (Fsp3) is 0.158. The number of carbonyl (C=O) groups excluding carboxylic acids is 2. The van der Waals surface area contributed by atoms with Crippen LogP contribution in [0.4, 0.5) is 11.4 Å². The number of carbonyl (C=O) groups is 2. The maximum atomic E-state index is 12.2. The number of hydrogen-bond acceptors (Lipinski definition) is 7. The topological polar surface area (TPSA) is 108 Å². The van der Waals surface area contributed by atoms with Gasteiger partial charge in [0, 0.05) is 33.3 Å². The monoisotopic (exact) mass is 434 g/mol. The number of amides is 1. The average molecular weight is 435 g/mol. The number of hydrogen-bond donors (Lipinski definition) is 1. The number of thiophene rings is 1. The van der Waals surface area contributed by atoms with Crippen LogP contribution in [0.3, 0.4) is 0 Å². The fourth-order valence-corrected chi connectivity index (χ4v) is 3.65. The number of aryl methyl sites for hydroxylation is 1. The highest BCUT2D eigenvalue weighted by Crippen LogP contribution is 2.31. The molecule has 3 rings (SSSR count). The van der Waals surface area contributed by atoms with E-state index in [-0.39, 0.29) is 10.6 Å². The lowest BCUT2D eigenvalue weighted by molar-refractivity contribution is -0.384. The molecular formula is C19H15ClN2O6S. The van der Waals surface area contributed by atoms with Crippen LogP contribution in [0, 0.1) is 17.0 Å². The molecule has 0 spiro atoms. The molecule has 0 fully saturated rings. The molecule has 1 heterocycles. The number of nitro groups is 1. The van der Waals surface area contributed by atoms with E-state index in [1.54, 1.807) is 25.1 Å². The van der Waals surface area contributed by atoms with Gasteiger partial charge in [0.25, 0.3) is 11.6 Å². The molecule has 10 heteroatoms. The Morgan fingerprint density at radius 3 is 2.69 bits per heavy atom. The minimum atomic E-state index is -0.691. The Morgan fingerprint density at radius 2 is 2.00 bits per heavy atom. The van der Waals surface area contributed by atoms with Gasteiger partial charge in [0.05, 0.1) is 17.7 Å². The second-order valence-corrected chi connectivity index (χ2v) is 7.51. The maximum absolute atomic E-state index is 12.2. The summed E-state index contributed by atoms with van der Waals surface area (Å²) in [5.74, 6) is -0.857. The molecule has 0 aliphatic heterocycles. The van der Waals surface area contributed by atoms with Crippen molar-refractivity contribution in [1.29, 1.82) is 0 Å². The first-order chi connectivity index (χ1) is 13.8. The number of fused-ring (bicyclic) bond motifs is 1. The molecule has 0 saturated heterocycles. The van der Waals surface area contributed by atoms with Gasteiger partial charge in [-0.1, -0.05) is 11.6 Å². The van der Waals surface area contributed by atoms with Gasteiger partial charge in [-0.3, -0.25) is 14.9 Å². The number of non-ortho nitro benzene ring substituents is 1. The molecule has 0 bridgehead atoms. The van der Waals surface area contributed by atoms with Crippen molar-refractivity contribution in [2.24, 2.45) is 0 Å². The predicted molar refractivity (Wildman–Crippen MR) is 110 cm³/mol. The van der Waals surface area contributed by atoms with Crippen LogP contribution in [-0.2, 0) is 9.53 Å². The number of esters is 1. The molecular weight excluding hydrogens is 420 g/mol. The summed E-state index contributed by atoms with van der Waals surface area (Å²) in [6, 6.07) is 9.04. The number of methoxy groups -OCH3 is 1. The third kappa shape index (κ3) is 4.64. The molecule has 3 aromatic rings. The van der Waals surface area contributed by atoms with Gasteiger partial charge in [0.1, 0.15) is 10.6 Å². The molecule has 8 nitrogen and oxygen atoms in total. The summed E-state index contributed by atoms with van der Waals surface area (Å²) in [6.07, 6.45) is 0. The summed E-state index contributed by atoms with van der Waals surface area (Å²) in [6.45, 7) is 1.28. The summed E-state index contributed by atoms with van der Waals surface area (Å²) in [4.78, 5) is 35.0. The van der Waals surface area contributed by atoms with Gasteiger partial charge >= 0.3 is 5.97 Å². The van der Waals surface area contributed by atoms with Crippen LogP contribution in [0.2, 0.25) is 5.02 Å². The van der Waals surface area contributed by atoms with Crippen LogP contribution in [0.25, 0.3) is 10.1 Å². The highest BCUT2D eigenvalue weighted by Gasteiger charge is 2.17. The third-order valence-corrected chi connectivity index (χ3v) is 5.50. The Morgan fingerprint density at radius 1 is 1.24 bits per heavy atom. The van der Waals surface area contributed by atoms with E-state index < -0.39 is 23.4 Å². The van der Waals surface area contributed by atoms with E-state index in [9.17, 15) is 19.7 Å². The molecule has 0 unspecified atom stereocenters. The minimum absolute atomic E-state index is 0.0678. The number of nitrogens with zero attached hydrogens (tertiary/aromatic N) is 1. The van der Waals surface area contributed by atoms with Gasteiger partial charge in [0.15, 0.2) is 6.61 Å². The molecule has 150 valence electrons. The maximum Gasteiger partial charge on any atom is 0.348 e. The second-order valence-electron chi connectivity index (χ2n) is 6.02. The predicted octanol–water partition coefficient (Wildman–Crippen LogP) is 4.58. The summed E-state index contributed by atoms with van der Waals surface area (Å²) < 4.78 is 10.9. The van der Waals surface area contributed by atoms with Crippen molar-refractivity contribution in [3.8, 4) is 5.75 Å². The second kappa shape index (κ2) is 8.46. The first-order valence-corrected chi connectivity index (χ1v) is 9.47. The zero-order valence-electron chi connectivity index (χ0n) is 15.4. The molecule has 0 radical (unpaired) electrons.